The lowest BCUT2D eigenvalue weighted by atomic mass is 9.73. The van der Waals surface area contributed by atoms with E-state index in [1.54, 1.807) is 6.07 Å². The number of rotatable bonds is 5. The van der Waals surface area contributed by atoms with Gasteiger partial charge in [0.15, 0.2) is 0 Å². The molecule has 0 spiro atoms. The fourth-order valence-electron chi connectivity index (χ4n) is 4.47. The van der Waals surface area contributed by atoms with E-state index in [4.69, 9.17) is 4.74 Å². The fraction of sp³-hybridized carbons (Fsp3) is 0.400. The molecule has 2 aromatic rings. The molecule has 0 radical (unpaired) electrons. The number of halogens is 1. The van der Waals surface area contributed by atoms with Gasteiger partial charge < -0.3 is 9.64 Å². The van der Waals surface area contributed by atoms with Gasteiger partial charge in [-0.15, -0.1) is 0 Å². The number of hydrogen-bond acceptors (Lipinski definition) is 3. The summed E-state index contributed by atoms with van der Waals surface area (Å²) in [5, 5.41) is 0. The first-order valence-corrected chi connectivity index (χ1v) is 10.7. The molecule has 2 aromatic carbocycles. The summed E-state index contributed by atoms with van der Waals surface area (Å²) in [5.74, 6) is -0.169. The van der Waals surface area contributed by atoms with Crippen molar-refractivity contribution in [1.82, 2.24) is 9.80 Å². The SMILES string of the molecule is O=C(N1CCN(C/C=C/c2ccccc2)CC1)C1(c2cccc(F)c2)CCOCC1. The van der Waals surface area contributed by atoms with Gasteiger partial charge in [-0.2, -0.15) is 0 Å². The summed E-state index contributed by atoms with van der Waals surface area (Å²) in [6, 6.07) is 16.8. The zero-order valence-corrected chi connectivity index (χ0v) is 17.3. The molecule has 0 saturated carbocycles. The Hall–Kier alpha value is -2.50. The molecule has 0 N–H and O–H groups in total. The number of piperazine rings is 1. The van der Waals surface area contributed by atoms with E-state index >= 15 is 0 Å². The second-order valence-electron chi connectivity index (χ2n) is 8.11. The van der Waals surface area contributed by atoms with Gasteiger partial charge in [0.1, 0.15) is 5.82 Å². The standard InChI is InChI=1S/C25H29FN2O2/c26-23-10-4-9-22(20-23)25(11-18-30-19-12-25)24(29)28-16-14-27(15-17-28)13-5-8-21-6-2-1-3-7-21/h1-10,20H,11-19H2/b8-5+. The molecule has 2 fully saturated rings. The van der Waals surface area contributed by atoms with E-state index < -0.39 is 5.41 Å². The van der Waals surface area contributed by atoms with Crippen LogP contribution in [0.4, 0.5) is 4.39 Å². The minimum absolute atomic E-state index is 0.121. The van der Waals surface area contributed by atoms with Crippen LogP contribution >= 0.6 is 0 Å². The van der Waals surface area contributed by atoms with Gasteiger partial charge in [0, 0.05) is 45.9 Å². The van der Waals surface area contributed by atoms with Crippen LogP contribution in [0.2, 0.25) is 0 Å². The Bertz CT molecular complexity index is 870. The van der Waals surface area contributed by atoms with E-state index in [1.165, 1.54) is 17.7 Å². The predicted octanol–water partition coefficient (Wildman–Crippen LogP) is 3.73. The molecule has 158 valence electrons. The summed E-state index contributed by atoms with van der Waals surface area (Å²) in [6.45, 7) is 5.05. The van der Waals surface area contributed by atoms with E-state index in [0.29, 0.717) is 39.1 Å². The molecule has 5 heteroatoms. The van der Waals surface area contributed by atoms with Crippen LogP contribution in [0.5, 0.6) is 0 Å². The van der Waals surface area contributed by atoms with Gasteiger partial charge >= 0.3 is 0 Å². The van der Waals surface area contributed by atoms with Crippen LogP contribution in [-0.4, -0.2) is 61.6 Å². The lowest BCUT2D eigenvalue weighted by molar-refractivity contribution is -0.143. The molecule has 2 aliphatic rings. The molecule has 0 unspecified atom stereocenters. The molecule has 2 saturated heterocycles. The Morgan fingerprint density at radius 2 is 1.73 bits per heavy atom. The van der Waals surface area contributed by atoms with Crippen LogP contribution in [0, 0.1) is 5.82 Å². The lowest BCUT2D eigenvalue weighted by Crippen LogP contribution is -2.56. The minimum atomic E-state index is -0.671. The van der Waals surface area contributed by atoms with E-state index in [0.717, 1.165) is 25.2 Å². The molecule has 0 aromatic heterocycles. The summed E-state index contributed by atoms with van der Waals surface area (Å²) in [6.07, 6.45) is 5.53. The zero-order chi connectivity index (χ0) is 20.8. The third-order valence-corrected chi connectivity index (χ3v) is 6.27. The number of carbonyl (C=O) groups is 1. The van der Waals surface area contributed by atoms with E-state index in [2.05, 4.69) is 29.2 Å². The molecule has 0 bridgehead atoms. The first kappa shape index (κ1) is 20.8. The Morgan fingerprint density at radius 3 is 2.43 bits per heavy atom. The minimum Gasteiger partial charge on any atom is -0.381 e. The average molecular weight is 409 g/mol. The largest absolute Gasteiger partial charge is 0.381 e. The maximum atomic E-state index is 13.9. The van der Waals surface area contributed by atoms with Crippen LogP contribution < -0.4 is 0 Å². The molecule has 4 rings (SSSR count). The monoisotopic (exact) mass is 408 g/mol. The van der Waals surface area contributed by atoms with Gasteiger partial charge in [0.25, 0.3) is 0 Å². The topological polar surface area (TPSA) is 32.8 Å². The number of amides is 1. The van der Waals surface area contributed by atoms with E-state index in [1.807, 2.05) is 29.2 Å². The maximum absolute atomic E-state index is 13.9. The average Bonchev–Trinajstić information content (AvgIpc) is 2.80. The Kier molecular flexibility index (Phi) is 6.60. The molecular formula is C25H29FN2O2. The molecule has 30 heavy (non-hydrogen) atoms. The molecule has 2 aliphatic heterocycles. The number of ether oxygens (including phenoxy) is 1. The van der Waals surface area contributed by atoms with Crippen molar-refractivity contribution in [3.05, 3.63) is 77.6 Å². The highest BCUT2D eigenvalue weighted by Gasteiger charge is 2.44. The summed E-state index contributed by atoms with van der Waals surface area (Å²) in [4.78, 5) is 17.9. The number of carbonyl (C=O) groups excluding carboxylic acids is 1. The summed E-state index contributed by atoms with van der Waals surface area (Å²) in [7, 11) is 0. The highest BCUT2D eigenvalue weighted by atomic mass is 19.1. The van der Waals surface area contributed by atoms with Gasteiger partial charge in [-0.1, -0.05) is 54.6 Å². The lowest BCUT2D eigenvalue weighted by Gasteiger charge is -2.43. The third-order valence-electron chi connectivity index (χ3n) is 6.27. The second kappa shape index (κ2) is 9.54. The molecule has 1 amide bonds. The normalized spacial score (nSPS) is 19.8. The smallest absolute Gasteiger partial charge is 0.233 e. The van der Waals surface area contributed by atoms with Crippen LogP contribution in [0.25, 0.3) is 6.08 Å². The molecule has 4 nitrogen and oxygen atoms in total. The zero-order valence-electron chi connectivity index (χ0n) is 17.3. The van der Waals surface area contributed by atoms with Gasteiger partial charge in [-0.05, 0) is 36.1 Å². The van der Waals surface area contributed by atoms with Crippen LogP contribution in [0.15, 0.2) is 60.7 Å². The van der Waals surface area contributed by atoms with Crippen molar-refractivity contribution < 1.29 is 13.9 Å². The van der Waals surface area contributed by atoms with Gasteiger partial charge in [0.2, 0.25) is 5.91 Å². The van der Waals surface area contributed by atoms with Gasteiger partial charge in [0.05, 0.1) is 5.41 Å². The summed E-state index contributed by atoms with van der Waals surface area (Å²) >= 11 is 0. The molecule has 2 heterocycles. The number of benzene rings is 2. The van der Waals surface area contributed by atoms with Gasteiger partial charge in [-0.25, -0.2) is 4.39 Å². The highest BCUT2D eigenvalue weighted by molar-refractivity contribution is 5.88. The summed E-state index contributed by atoms with van der Waals surface area (Å²) < 4.78 is 19.5. The maximum Gasteiger partial charge on any atom is 0.233 e. The van der Waals surface area contributed by atoms with Crippen molar-refractivity contribution in [3.8, 4) is 0 Å². The van der Waals surface area contributed by atoms with Crippen molar-refractivity contribution >= 4 is 12.0 Å². The van der Waals surface area contributed by atoms with Gasteiger partial charge in [-0.3, -0.25) is 9.69 Å². The second-order valence-corrected chi connectivity index (χ2v) is 8.11. The predicted molar refractivity (Wildman–Crippen MR) is 117 cm³/mol. The van der Waals surface area contributed by atoms with Crippen molar-refractivity contribution in [2.75, 3.05) is 45.9 Å². The molecule has 0 aliphatic carbocycles. The van der Waals surface area contributed by atoms with Crippen LogP contribution in [-0.2, 0) is 14.9 Å². The highest BCUT2D eigenvalue weighted by Crippen LogP contribution is 2.37. The Morgan fingerprint density at radius 1 is 1.00 bits per heavy atom. The first-order chi connectivity index (χ1) is 14.7. The number of nitrogens with zero attached hydrogens (tertiary/aromatic N) is 2. The van der Waals surface area contributed by atoms with Crippen molar-refractivity contribution in [3.63, 3.8) is 0 Å². The van der Waals surface area contributed by atoms with Crippen molar-refractivity contribution in [2.24, 2.45) is 0 Å². The van der Waals surface area contributed by atoms with E-state index in [9.17, 15) is 9.18 Å². The first-order valence-electron chi connectivity index (χ1n) is 10.7. The molecule has 0 atom stereocenters. The van der Waals surface area contributed by atoms with E-state index in [-0.39, 0.29) is 11.7 Å². The summed E-state index contributed by atoms with van der Waals surface area (Å²) in [5.41, 5.74) is 1.31. The fourth-order valence-corrected chi connectivity index (χ4v) is 4.47. The Labute approximate surface area is 177 Å². The number of hydrogen-bond donors (Lipinski definition) is 0. The molecular weight excluding hydrogens is 379 g/mol. The van der Waals surface area contributed by atoms with Crippen molar-refractivity contribution in [1.29, 1.82) is 0 Å². The van der Waals surface area contributed by atoms with Crippen LogP contribution in [0.1, 0.15) is 24.0 Å². The Balaban J connectivity index is 1.39. The van der Waals surface area contributed by atoms with Crippen LogP contribution in [0.3, 0.4) is 0 Å². The third kappa shape index (κ3) is 4.63. The van der Waals surface area contributed by atoms with Crippen molar-refractivity contribution in [2.45, 2.75) is 18.3 Å². The quantitative estimate of drug-likeness (QED) is 0.756.